The summed E-state index contributed by atoms with van der Waals surface area (Å²) in [6.07, 6.45) is 1.26. The second-order valence-electron chi connectivity index (χ2n) is 5.23. The van der Waals surface area contributed by atoms with Crippen LogP contribution in [0.2, 0.25) is 0 Å². The molecule has 0 radical (unpaired) electrons. The van der Waals surface area contributed by atoms with E-state index in [1.807, 2.05) is 60.7 Å². The van der Waals surface area contributed by atoms with Crippen molar-refractivity contribution in [3.63, 3.8) is 0 Å². The summed E-state index contributed by atoms with van der Waals surface area (Å²) in [4.78, 5) is 12.2. The minimum absolute atomic E-state index is 0.108. The van der Waals surface area contributed by atoms with E-state index in [4.69, 9.17) is 4.74 Å². The lowest BCUT2D eigenvalue weighted by atomic mass is 10.1. The fourth-order valence-electron chi connectivity index (χ4n) is 2.11. The summed E-state index contributed by atoms with van der Waals surface area (Å²) in [7, 11) is -3.52. The summed E-state index contributed by atoms with van der Waals surface area (Å²) in [5.74, 6) is -0.594. The second kappa shape index (κ2) is 7.89. The van der Waals surface area contributed by atoms with E-state index in [0.29, 0.717) is 0 Å². The van der Waals surface area contributed by atoms with E-state index < -0.39 is 22.0 Å². The Balaban J connectivity index is 2.04. The van der Waals surface area contributed by atoms with Gasteiger partial charge in [-0.1, -0.05) is 60.7 Å². The maximum absolute atomic E-state index is 12.2. The number of ether oxygens (including phenoxy) is 1. The lowest BCUT2D eigenvalue weighted by Gasteiger charge is -2.16. The molecule has 5 nitrogen and oxygen atoms in total. The van der Waals surface area contributed by atoms with E-state index in [1.165, 1.54) is 0 Å². The molecule has 1 N–H and O–H groups in total. The van der Waals surface area contributed by atoms with Crippen LogP contribution in [0.5, 0.6) is 0 Å². The number of carbonyl (C=O) groups is 1. The third-order valence-electron chi connectivity index (χ3n) is 3.15. The molecular weight excluding hydrogens is 314 g/mol. The number of hydrogen-bond donors (Lipinski definition) is 1. The molecule has 0 aliphatic rings. The molecule has 1 unspecified atom stereocenters. The van der Waals surface area contributed by atoms with E-state index in [1.54, 1.807) is 0 Å². The van der Waals surface area contributed by atoms with Crippen molar-refractivity contribution in [2.75, 3.05) is 6.26 Å². The van der Waals surface area contributed by atoms with Gasteiger partial charge in [0.2, 0.25) is 10.0 Å². The quantitative estimate of drug-likeness (QED) is 0.786. The van der Waals surface area contributed by atoms with Crippen molar-refractivity contribution in [3.05, 3.63) is 71.8 Å². The molecule has 0 amide bonds. The highest BCUT2D eigenvalue weighted by Gasteiger charge is 2.24. The fraction of sp³-hybridized carbons (Fsp3) is 0.235. The smallest absolute Gasteiger partial charge is 0.324 e. The summed E-state index contributed by atoms with van der Waals surface area (Å²) >= 11 is 0. The van der Waals surface area contributed by atoms with Gasteiger partial charge in [0.05, 0.1) is 6.26 Å². The first-order valence-corrected chi connectivity index (χ1v) is 9.05. The van der Waals surface area contributed by atoms with Crippen LogP contribution in [0.15, 0.2) is 60.7 Å². The van der Waals surface area contributed by atoms with Crippen LogP contribution in [0.1, 0.15) is 11.1 Å². The Labute approximate surface area is 136 Å². The monoisotopic (exact) mass is 333 g/mol. The molecule has 6 heteroatoms. The third-order valence-corrected chi connectivity index (χ3v) is 3.86. The largest absolute Gasteiger partial charge is 0.460 e. The van der Waals surface area contributed by atoms with Crippen LogP contribution in [0.4, 0.5) is 0 Å². The minimum atomic E-state index is -3.52. The molecule has 0 spiro atoms. The minimum Gasteiger partial charge on any atom is -0.460 e. The van der Waals surface area contributed by atoms with Gasteiger partial charge >= 0.3 is 5.97 Å². The molecular formula is C17H19NO4S. The molecule has 2 aromatic rings. The van der Waals surface area contributed by atoms with Gasteiger partial charge in [0, 0.05) is 0 Å². The van der Waals surface area contributed by atoms with Gasteiger partial charge in [0.25, 0.3) is 0 Å². The van der Waals surface area contributed by atoms with E-state index in [2.05, 4.69) is 4.72 Å². The number of sulfonamides is 1. The topological polar surface area (TPSA) is 72.5 Å². The SMILES string of the molecule is CS(=O)(=O)NC(Cc1ccccc1)C(=O)OCc1ccccc1. The maximum atomic E-state index is 12.2. The lowest BCUT2D eigenvalue weighted by molar-refractivity contribution is -0.147. The summed E-state index contributed by atoms with van der Waals surface area (Å²) < 4.78 is 30.6. The van der Waals surface area contributed by atoms with Crippen molar-refractivity contribution < 1.29 is 17.9 Å². The predicted octanol–water partition coefficient (Wildman–Crippen LogP) is 1.89. The van der Waals surface area contributed by atoms with Gasteiger partial charge in [-0.15, -0.1) is 0 Å². The van der Waals surface area contributed by atoms with E-state index in [-0.39, 0.29) is 13.0 Å². The first-order valence-electron chi connectivity index (χ1n) is 7.16. The summed E-state index contributed by atoms with van der Waals surface area (Å²) in [6.45, 7) is 0.108. The Morgan fingerprint density at radius 2 is 1.52 bits per heavy atom. The molecule has 1 atom stereocenters. The molecule has 122 valence electrons. The number of esters is 1. The number of nitrogens with one attached hydrogen (secondary N) is 1. The van der Waals surface area contributed by atoms with Gasteiger partial charge < -0.3 is 4.74 Å². The van der Waals surface area contributed by atoms with Gasteiger partial charge in [-0.05, 0) is 17.5 Å². The Kier molecular flexibility index (Phi) is 5.90. The van der Waals surface area contributed by atoms with E-state index in [9.17, 15) is 13.2 Å². The zero-order valence-electron chi connectivity index (χ0n) is 12.8. The van der Waals surface area contributed by atoms with Crippen LogP contribution in [0.3, 0.4) is 0 Å². The number of rotatable bonds is 7. The highest BCUT2D eigenvalue weighted by Crippen LogP contribution is 2.08. The average molecular weight is 333 g/mol. The molecule has 2 aromatic carbocycles. The second-order valence-corrected chi connectivity index (χ2v) is 7.01. The van der Waals surface area contributed by atoms with Crippen molar-refractivity contribution in [2.45, 2.75) is 19.1 Å². The molecule has 2 rings (SSSR count). The summed E-state index contributed by atoms with van der Waals surface area (Å²) in [5.41, 5.74) is 1.70. The van der Waals surface area contributed by atoms with Crippen molar-refractivity contribution in [3.8, 4) is 0 Å². The van der Waals surface area contributed by atoms with Crippen molar-refractivity contribution in [1.29, 1.82) is 0 Å². The standard InChI is InChI=1S/C17H19NO4S/c1-23(20,21)18-16(12-14-8-4-2-5-9-14)17(19)22-13-15-10-6-3-7-11-15/h2-11,16,18H,12-13H2,1H3. The van der Waals surface area contributed by atoms with Gasteiger partial charge in [0.1, 0.15) is 12.6 Å². The fourth-order valence-corrected chi connectivity index (χ4v) is 2.81. The Morgan fingerprint density at radius 3 is 2.04 bits per heavy atom. The zero-order valence-corrected chi connectivity index (χ0v) is 13.6. The van der Waals surface area contributed by atoms with E-state index >= 15 is 0 Å². The highest BCUT2D eigenvalue weighted by molar-refractivity contribution is 7.88. The molecule has 0 aromatic heterocycles. The normalized spacial score (nSPS) is 12.6. The third kappa shape index (κ3) is 6.22. The number of carbonyl (C=O) groups excluding carboxylic acids is 1. The van der Waals surface area contributed by atoms with Crippen molar-refractivity contribution in [1.82, 2.24) is 4.72 Å². The van der Waals surface area contributed by atoms with Crippen molar-refractivity contribution in [2.24, 2.45) is 0 Å². The van der Waals surface area contributed by atoms with Crippen molar-refractivity contribution >= 4 is 16.0 Å². The predicted molar refractivity (Wildman–Crippen MR) is 88.2 cm³/mol. The molecule has 23 heavy (non-hydrogen) atoms. The number of benzene rings is 2. The molecule has 0 aliphatic carbocycles. The Bertz CT molecular complexity index is 730. The van der Waals surface area contributed by atoms with Crippen LogP contribution in [-0.4, -0.2) is 26.7 Å². The van der Waals surface area contributed by atoms with Gasteiger partial charge in [-0.2, -0.15) is 0 Å². The Hall–Kier alpha value is -2.18. The van der Waals surface area contributed by atoms with Crippen LogP contribution in [0, 0.1) is 0 Å². The number of hydrogen-bond acceptors (Lipinski definition) is 4. The first-order chi connectivity index (χ1) is 10.9. The Morgan fingerprint density at radius 1 is 1.00 bits per heavy atom. The lowest BCUT2D eigenvalue weighted by Crippen LogP contribution is -2.42. The molecule has 0 bridgehead atoms. The molecule has 0 fully saturated rings. The summed E-state index contributed by atoms with van der Waals surface area (Å²) in [5, 5.41) is 0. The van der Waals surface area contributed by atoms with Crippen LogP contribution in [0.25, 0.3) is 0 Å². The van der Waals surface area contributed by atoms with Gasteiger partial charge in [-0.3, -0.25) is 4.79 Å². The summed E-state index contributed by atoms with van der Waals surface area (Å²) in [6, 6.07) is 17.5. The van der Waals surface area contributed by atoms with Gasteiger partial charge in [-0.25, -0.2) is 13.1 Å². The average Bonchev–Trinajstić information content (AvgIpc) is 2.53. The highest BCUT2D eigenvalue weighted by atomic mass is 32.2. The van der Waals surface area contributed by atoms with Gasteiger partial charge in [0.15, 0.2) is 0 Å². The molecule has 0 aliphatic heterocycles. The maximum Gasteiger partial charge on any atom is 0.324 e. The van der Waals surface area contributed by atoms with Crippen LogP contribution in [-0.2, 0) is 32.6 Å². The van der Waals surface area contributed by atoms with Crippen LogP contribution < -0.4 is 4.72 Å². The zero-order chi connectivity index (χ0) is 16.7. The van der Waals surface area contributed by atoms with E-state index in [0.717, 1.165) is 17.4 Å². The first kappa shape index (κ1) is 17.2. The molecule has 0 saturated carbocycles. The molecule has 0 saturated heterocycles. The molecule has 0 heterocycles. The van der Waals surface area contributed by atoms with Crippen LogP contribution >= 0.6 is 0 Å².